The summed E-state index contributed by atoms with van der Waals surface area (Å²) >= 11 is 0. The molecule has 4 aliphatic heterocycles. The summed E-state index contributed by atoms with van der Waals surface area (Å²) < 4.78 is 40.1. The van der Waals surface area contributed by atoms with Crippen molar-refractivity contribution in [3.63, 3.8) is 0 Å². The average molecular weight is 691 g/mol. The van der Waals surface area contributed by atoms with E-state index < -0.39 is 148 Å². The maximum atomic E-state index is 12.0. The molecule has 1 unspecified atom stereocenters. The van der Waals surface area contributed by atoms with Gasteiger partial charge in [0.15, 0.2) is 25.2 Å². The SMILES string of the molecule is CC(=O)N[C@H]1[C@@H](O[C@H]2[C@@H](O)[C@@H](CO)O[C@@H](O[C@H]3[C@H](O)[C@@H](N)C(O)O[C@@H]3CO)[C@@H]2O[C@@H]2O[C@@H](C)[C@@H](O)[C@@H](O)[C@@H]2O)O[C@H](CO)[C@H](O)[C@@H]1O. The van der Waals surface area contributed by atoms with E-state index in [2.05, 4.69) is 5.32 Å². The Balaban J connectivity index is 1.73. The number of aliphatic hydroxyl groups is 11. The van der Waals surface area contributed by atoms with Gasteiger partial charge in [-0.3, -0.25) is 4.79 Å². The number of aliphatic hydroxyl groups excluding tert-OH is 11. The van der Waals surface area contributed by atoms with Gasteiger partial charge in [-0.1, -0.05) is 0 Å². The van der Waals surface area contributed by atoms with Crippen molar-refractivity contribution in [2.24, 2.45) is 5.73 Å². The summed E-state index contributed by atoms with van der Waals surface area (Å²) in [4.78, 5) is 12.0. The fourth-order valence-electron chi connectivity index (χ4n) is 5.90. The van der Waals surface area contributed by atoms with Crippen LogP contribution in [0.1, 0.15) is 13.8 Å². The summed E-state index contributed by atoms with van der Waals surface area (Å²) in [5.74, 6) is -0.698. The van der Waals surface area contributed by atoms with Gasteiger partial charge < -0.3 is 100 Å². The molecule has 0 aromatic carbocycles. The Labute approximate surface area is 267 Å². The Morgan fingerprint density at radius 3 is 1.77 bits per heavy atom. The van der Waals surface area contributed by atoms with E-state index in [4.69, 9.17) is 38.9 Å². The fourth-order valence-corrected chi connectivity index (χ4v) is 5.90. The molecule has 0 aliphatic carbocycles. The number of hydrogen-bond acceptors (Lipinski definition) is 20. The second kappa shape index (κ2) is 16.2. The first-order valence-electron chi connectivity index (χ1n) is 15.0. The zero-order chi connectivity index (χ0) is 34.9. The number of carbonyl (C=O) groups is 1. The van der Waals surface area contributed by atoms with E-state index in [1.54, 1.807) is 0 Å². The van der Waals surface area contributed by atoms with Crippen LogP contribution >= 0.6 is 0 Å². The Morgan fingerprint density at radius 1 is 0.617 bits per heavy atom. The van der Waals surface area contributed by atoms with Gasteiger partial charge in [0, 0.05) is 6.92 Å². The average Bonchev–Trinajstić information content (AvgIpc) is 3.04. The van der Waals surface area contributed by atoms with Crippen LogP contribution in [0.15, 0.2) is 0 Å². The van der Waals surface area contributed by atoms with Crippen molar-refractivity contribution in [2.45, 2.75) is 137 Å². The number of carbonyl (C=O) groups excluding carboxylic acids is 1. The maximum absolute atomic E-state index is 12.0. The highest BCUT2D eigenvalue weighted by atomic mass is 16.8. The van der Waals surface area contributed by atoms with Crippen LogP contribution in [-0.4, -0.2) is 205 Å². The maximum Gasteiger partial charge on any atom is 0.217 e. The highest BCUT2D eigenvalue weighted by Crippen LogP contribution is 2.35. The van der Waals surface area contributed by atoms with Gasteiger partial charge in [-0.05, 0) is 6.92 Å². The van der Waals surface area contributed by atoms with Crippen LogP contribution < -0.4 is 11.1 Å². The first-order chi connectivity index (χ1) is 22.1. The van der Waals surface area contributed by atoms with Crippen LogP contribution in [0.2, 0.25) is 0 Å². The molecule has 0 saturated carbocycles. The summed E-state index contributed by atoms with van der Waals surface area (Å²) in [5, 5.41) is 117. The lowest BCUT2D eigenvalue weighted by Gasteiger charge is -2.50. The largest absolute Gasteiger partial charge is 0.394 e. The molecule has 0 aromatic heterocycles. The van der Waals surface area contributed by atoms with Crippen molar-refractivity contribution in [3.8, 4) is 0 Å². The predicted octanol–water partition coefficient (Wildman–Crippen LogP) is -8.61. The Morgan fingerprint density at radius 2 is 1.17 bits per heavy atom. The molecule has 4 saturated heterocycles. The van der Waals surface area contributed by atoms with E-state index in [-0.39, 0.29) is 0 Å². The van der Waals surface area contributed by atoms with Crippen molar-refractivity contribution in [1.82, 2.24) is 5.32 Å². The molecule has 0 aromatic rings. The minimum Gasteiger partial charge on any atom is -0.394 e. The highest BCUT2D eigenvalue weighted by Gasteiger charge is 2.56. The molecule has 47 heavy (non-hydrogen) atoms. The lowest BCUT2D eigenvalue weighted by atomic mass is 9.94. The van der Waals surface area contributed by atoms with Gasteiger partial charge in [0.25, 0.3) is 0 Å². The molecular formula is C26H46N2O19. The number of rotatable bonds is 10. The van der Waals surface area contributed by atoms with Gasteiger partial charge in [0.1, 0.15) is 85.4 Å². The van der Waals surface area contributed by atoms with Crippen LogP contribution in [0.25, 0.3) is 0 Å². The fraction of sp³-hybridized carbons (Fsp3) is 0.962. The molecule has 0 bridgehead atoms. The normalized spacial score (nSPS) is 51.0. The van der Waals surface area contributed by atoms with E-state index >= 15 is 0 Å². The highest BCUT2D eigenvalue weighted by molar-refractivity contribution is 5.73. The summed E-state index contributed by atoms with van der Waals surface area (Å²) in [7, 11) is 0. The monoisotopic (exact) mass is 690 g/mol. The van der Waals surface area contributed by atoms with Gasteiger partial charge in [0.2, 0.25) is 5.91 Å². The van der Waals surface area contributed by atoms with Gasteiger partial charge >= 0.3 is 0 Å². The molecule has 21 nitrogen and oxygen atoms in total. The second-order valence-corrected chi connectivity index (χ2v) is 11.9. The molecule has 21 heteroatoms. The number of nitrogens with two attached hydrogens (primary N) is 1. The van der Waals surface area contributed by atoms with Crippen molar-refractivity contribution in [1.29, 1.82) is 0 Å². The molecular weight excluding hydrogens is 644 g/mol. The minimum absolute atomic E-state index is 0.698. The predicted molar refractivity (Wildman–Crippen MR) is 146 cm³/mol. The lowest BCUT2D eigenvalue weighted by molar-refractivity contribution is -0.397. The van der Waals surface area contributed by atoms with Crippen LogP contribution in [0.4, 0.5) is 0 Å². The van der Waals surface area contributed by atoms with Crippen molar-refractivity contribution >= 4 is 5.91 Å². The van der Waals surface area contributed by atoms with Gasteiger partial charge in [-0.15, -0.1) is 0 Å². The van der Waals surface area contributed by atoms with Crippen molar-refractivity contribution in [3.05, 3.63) is 0 Å². The number of amides is 1. The molecule has 4 aliphatic rings. The Hall–Kier alpha value is -1.29. The van der Waals surface area contributed by atoms with E-state index in [1.165, 1.54) is 6.92 Å². The van der Waals surface area contributed by atoms with Crippen molar-refractivity contribution in [2.75, 3.05) is 19.8 Å². The minimum atomic E-state index is -1.92. The zero-order valence-electron chi connectivity index (χ0n) is 25.4. The molecule has 1 amide bonds. The molecule has 4 fully saturated rings. The smallest absolute Gasteiger partial charge is 0.217 e. The van der Waals surface area contributed by atoms with Crippen LogP contribution in [0.5, 0.6) is 0 Å². The first-order valence-corrected chi connectivity index (χ1v) is 15.0. The number of nitrogens with one attached hydrogen (secondary N) is 1. The molecule has 20 atom stereocenters. The van der Waals surface area contributed by atoms with Gasteiger partial charge in [-0.2, -0.15) is 0 Å². The summed E-state index contributed by atoms with van der Waals surface area (Å²) in [6.45, 7) is -0.0607. The molecule has 0 spiro atoms. The third-order valence-corrected chi connectivity index (χ3v) is 8.65. The van der Waals surface area contributed by atoms with Gasteiger partial charge in [-0.25, -0.2) is 0 Å². The first kappa shape index (κ1) is 38.5. The second-order valence-electron chi connectivity index (χ2n) is 11.9. The summed E-state index contributed by atoms with van der Waals surface area (Å²) in [6.07, 6.45) is -30.1. The molecule has 274 valence electrons. The molecule has 14 N–H and O–H groups in total. The van der Waals surface area contributed by atoms with Crippen LogP contribution in [0, 0.1) is 0 Å². The third kappa shape index (κ3) is 8.04. The van der Waals surface area contributed by atoms with E-state index in [0.717, 1.165) is 6.92 Å². The summed E-state index contributed by atoms with van der Waals surface area (Å²) in [5.41, 5.74) is 5.83. The molecule has 4 rings (SSSR count). The Bertz CT molecular complexity index is 1020. The van der Waals surface area contributed by atoms with E-state index in [0.29, 0.717) is 0 Å². The van der Waals surface area contributed by atoms with Crippen molar-refractivity contribution < 1.29 is 94.1 Å². The quantitative estimate of drug-likeness (QED) is 0.101. The topological polar surface area (TPSA) is 342 Å². The molecule has 0 radical (unpaired) electrons. The third-order valence-electron chi connectivity index (χ3n) is 8.65. The zero-order valence-corrected chi connectivity index (χ0v) is 25.4. The van der Waals surface area contributed by atoms with E-state index in [9.17, 15) is 61.0 Å². The number of hydrogen-bond donors (Lipinski definition) is 13. The van der Waals surface area contributed by atoms with Crippen LogP contribution in [-0.2, 0) is 38.0 Å². The van der Waals surface area contributed by atoms with Gasteiger partial charge in [0.05, 0.1) is 32.0 Å². The Kier molecular flexibility index (Phi) is 13.2. The lowest BCUT2D eigenvalue weighted by Crippen LogP contribution is -2.70. The molecule has 4 heterocycles. The standard InChI is InChI=1S/C26H46N2O19/c1-6-13(33)18(38)19(39)25(41-6)47-22-21(46-24-12(28-7(2)32)17(37)14(34)8(3-29)43-24)15(35)9(4-30)44-26(22)45-20-10(5-31)42-23(40)11(27)16(20)36/h6,8-26,29-31,33-40H,3-5,27H2,1-2H3,(H,28,32)/t6-,8+,9+,10+,11+,12+,13+,14-,15-,16+,17+,18+,19-,20+,21-,22+,23?,24+,25-,26-/m0/s1. The van der Waals surface area contributed by atoms with Crippen LogP contribution in [0.3, 0.4) is 0 Å². The number of ether oxygens (including phenoxy) is 7. The van der Waals surface area contributed by atoms with E-state index in [1.807, 2.05) is 0 Å². The summed E-state index contributed by atoms with van der Waals surface area (Å²) in [6, 6.07) is -2.97.